The lowest BCUT2D eigenvalue weighted by molar-refractivity contribution is -0.132. The van der Waals surface area contributed by atoms with Crippen LogP contribution in [-0.4, -0.2) is 41.3 Å². The Kier molecular flexibility index (Phi) is 4.16. The second kappa shape index (κ2) is 4.64. The molecule has 0 aromatic heterocycles. The zero-order valence-electron chi connectivity index (χ0n) is 5.78. The number of primary amides is 1. The van der Waals surface area contributed by atoms with Gasteiger partial charge in [0.2, 0.25) is 5.91 Å². The van der Waals surface area contributed by atoms with Gasteiger partial charge in [-0.25, -0.2) is 0 Å². The summed E-state index contributed by atoms with van der Waals surface area (Å²) in [7, 11) is 0. The second-order valence-corrected chi connectivity index (χ2v) is 1.88. The molecule has 0 saturated carbocycles. The van der Waals surface area contributed by atoms with Crippen LogP contribution >= 0.6 is 0 Å². The summed E-state index contributed by atoms with van der Waals surface area (Å²) in [6, 6.07) is 0. The van der Waals surface area contributed by atoms with Crippen molar-refractivity contribution in [1.82, 2.24) is 5.32 Å². The number of amides is 2. The number of hydrogen-bond acceptors (Lipinski definition) is 4. The van der Waals surface area contributed by atoms with Gasteiger partial charge in [0.05, 0.1) is 13.2 Å². The van der Waals surface area contributed by atoms with E-state index in [0.717, 1.165) is 0 Å². The largest absolute Gasteiger partial charge is 0.393 e. The Labute approximate surface area is 63.0 Å². The van der Waals surface area contributed by atoms with Crippen molar-refractivity contribution in [3.8, 4) is 0 Å². The molecule has 0 heterocycles. The average Bonchev–Trinajstić information content (AvgIpc) is 1.98. The zero-order chi connectivity index (χ0) is 8.85. The first-order chi connectivity index (χ1) is 5.07. The Balaban J connectivity index is 3.60. The summed E-state index contributed by atoms with van der Waals surface area (Å²) in [6.07, 6.45) is -1.49. The van der Waals surface area contributed by atoms with Crippen molar-refractivity contribution in [2.24, 2.45) is 5.73 Å². The summed E-state index contributed by atoms with van der Waals surface area (Å²) in [6.45, 7) is -1.01. The number of aliphatic hydroxyl groups is 2. The maximum absolute atomic E-state index is 10.5. The normalized spacial score (nSPS) is 12.2. The lowest BCUT2D eigenvalue weighted by atomic mass is 10.3. The van der Waals surface area contributed by atoms with Gasteiger partial charge in [-0.05, 0) is 0 Å². The third kappa shape index (κ3) is 4.29. The number of hydrogen-bond donors (Lipinski definition) is 4. The molecule has 0 aliphatic heterocycles. The molecule has 6 heteroatoms. The average molecular weight is 162 g/mol. The van der Waals surface area contributed by atoms with Gasteiger partial charge in [-0.15, -0.1) is 0 Å². The number of carbonyl (C=O) groups excluding carboxylic acids is 2. The van der Waals surface area contributed by atoms with Crippen LogP contribution < -0.4 is 11.1 Å². The molecule has 1 unspecified atom stereocenters. The summed E-state index contributed by atoms with van der Waals surface area (Å²) < 4.78 is 0. The monoisotopic (exact) mass is 162 g/mol. The van der Waals surface area contributed by atoms with Gasteiger partial charge >= 0.3 is 0 Å². The van der Waals surface area contributed by atoms with Gasteiger partial charge in [0.1, 0.15) is 0 Å². The van der Waals surface area contributed by atoms with Crippen LogP contribution in [0.2, 0.25) is 0 Å². The third-order valence-electron chi connectivity index (χ3n) is 0.912. The molecule has 1 atom stereocenters. The summed E-state index contributed by atoms with van der Waals surface area (Å²) in [4.78, 5) is 20.6. The van der Waals surface area contributed by atoms with Crippen LogP contribution in [0.4, 0.5) is 0 Å². The SMILES string of the molecule is NC(=O)CNC(=O)C(O)CO. The Hall–Kier alpha value is -1.14. The smallest absolute Gasteiger partial charge is 0.251 e. The summed E-state index contributed by atoms with van der Waals surface area (Å²) >= 11 is 0. The molecule has 0 aromatic rings. The molecule has 0 rings (SSSR count). The Bertz CT molecular complexity index is 159. The molecule has 0 saturated heterocycles. The van der Waals surface area contributed by atoms with Crippen molar-refractivity contribution in [1.29, 1.82) is 0 Å². The first-order valence-corrected chi connectivity index (χ1v) is 2.93. The highest BCUT2D eigenvalue weighted by Gasteiger charge is 2.12. The summed E-state index contributed by atoms with van der Waals surface area (Å²) in [5, 5.41) is 18.9. The molecule has 5 N–H and O–H groups in total. The minimum atomic E-state index is -1.49. The Morgan fingerprint density at radius 2 is 2.09 bits per heavy atom. The van der Waals surface area contributed by atoms with Crippen LogP contribution in [0.15, 0.2) is 0 Å². The van der Waals surface area contributed by atoms with Crippen LogP contribution in [0.3, 0.4) is 0 Å². The van der Waals surface area contributed by atoms with Gasteiger partial charge in [-0.1, -0.05) is 0 Å². The number of nitrogens with two attached hydrogens (primary N) is 1. The van der Waals surface area contributed by atoms with Gasteiger partial charge < -0.3 is 21.3 Å². The molecule has 6 nitrogen and oxygen atoms in total. The molecule has 0 aliphatic carbocycles. The third-order valence-corrected chi connectivity index (χ3v) is 0.912. The topological polar surface area (TPSA) is 113 Å². The minimum absolute atomic E-state index is 0.337. The van der Waals surface area contributed by atoms with Crippen molar-refractivity contribution in [3.63, 3.8) is 0 Å². The number of rotatable bonds is 4. The lowest BCUT2D eigenvalue weighted by Gasteiger charge is -2.05. The predicted octanol–water partition coefficient (Wildman–Crippen LogP) is -3.06. The van der Waals surface area contributed by atoms with E-state index in [-0.39, 0.29) is 6.54 Å². The quantitative estimate of drug-likeness (QED) is 0.351. The first-order valence-electron chi connectivity index (χ1n) is 2.93. The fourth-order valence-electron chi connectivity index (χ4n) is 0.375. The van der Waals surface area contributed by atoms with Gasteiger partial charge in [0.25, 0.3) is 5.91 Å². The van der Waals surface area contributed by atoms with E-state index >= 15 is 0 Å². The zero-order valence-corrected chi connectivity index (χ0v) is 5.78. The van der Waals surface area contributed by atoms with Crippen molar-refractivity contribution < 1.29 is 19.8 Å². The molecular weight excluding hydrogens is 152 g/mol. The van der Waals surface area contributed by atoms with E-state index in [9.17, 15) is 9.59 Å². The van der Waals surface area contributed by atoms with Gasteiger partial charge in [0, 0.05) is 0 Å². The second-order valence-electron chi connectivity index (χ2n) is 1.88. The van der Waals surface area contributed by atoms with Gasteiger partial charge in [-0.3, -0.25) is 9.59 Å². The van der Waals surface area contributed by atoms with E-state index in [4.69, 9.17) is 10.2 Å². The van der Waals surface area contributed by atoms with Gasteiger partial charge in [0.15, 0.2) is 6.10 Å². The summed E-state index contributed by atoms with van der Waals surface area (Å²) in [5.41, 5.74) is 4.68. The maximum Gasteiger partial charge on any atom is 0.251 e. The van der Waals surface area contributed by atoms with Crippen molar-refractivity contribution in [2.45, 2.75) is 6.10 Å². The fourth-order valence-corrected chi connectivity index (χ4v) is 0.375. The number of carbonyl (C=O) groups is 2. The molecule has 0 aromatic carbocycles. The fraction of sp³-hybridized carbons (Fsp3) is 0.600. The summed E-state index contributed by atoms with van der Waals surface area (Å²) in [5.74, 6) is -1.52. The number of nitrogens with one attached hydrogen (secondary N) is 1. The van der Waals surface area contributed by atoms with Crippen LogP contribution in [0.25, 0.3) is 0 Å². The highest BCUT2D eigenvalue weighted by atomic mass is 16.3. The van der Waals surface area contributed by atoms with Crippen LogP contribution in [-0.2, 0) is 9.59 Å². The predicted molar refractivity (Wildman–Crippen MR) is 35.3 cm³/mol. The van der Waals surface area contributed by atoms with E-state index < -0.39 is 24.5 Å². The highest BCUT2D eigenvalue weighted by Crippen LogP contribution is 1.78. The van der Waals surface area contributed by atoms with Crippen molar-refractivity contribution >= 4 is 11.8 Å². The molecular formula is C5H10N2O4. The molecule has 2 amide bonds. The molecule has 0 bridgehead atoms. The molecule has 11 heavy (non-hydrogen) atoms. The van der Waals surface area contributed by atoms with E-state index in [1.807, 2.05) is 5.32 Å². The van der Waals surface area contributed by atoms with Crippen molar-refractivity contribution in [3.05, 3.63) is 0 Å². The molecule has 64 valence electrons. The van der Waals surface area contributed by atoms with Crippen LogP contribution in [0.1, 0.15) is 0 Å². The van der Waals surface area contributed by atoms with E-state index in [0.29, 0.717) is 0 Å². The van der Waals surface area contributed by atoms with E-state index in [1.54, 1.807) is 0 Å². The molecule has 0 spiro atoms. The molecule has 0 fully saturated rings. The molecule has 0 radical (unpaired) electrons. The lowest BCUT2D eigenvalue weighted by Crippen LogP contribution is -2.41. The Morgan fingerprint density at radius 3 is 2.45 bits per heavy atom. The van der Waals surface area contributed by atoms with Crippen LogP contribution in [0, 0.1) is 0 Å². The standard InChI is InChI=1S/C5H10N2O4/c6-4(10)1-7-5(11)3(9)2-8/h3,8-9H,1-2H2,(H2,6,10)(H,7,11). The maximum atomic E-state index is 10.5. The van der Waals surface area contributed by atoms with Crippen LogP contribution in [0.5, 0.6) is 0 Å². The van der Waals surface area contributed by atoms with Gasteiger partial charge in [-0.2, -0.15) is 0 Å². The number of aliphatic hydroxyl groups excluding tert-OH is 2. The first kappa shape index (κ1) is 9.86. The minimum Gasteiger partial charge on any atom is -0.393 e. The molecule has 0 aliphatic rings. The van der Waals surface area contributed by atoms with Crippen molar-refractivity contribution in [2.75, 3.05) is 13.2 Å². The van der Waals surface area contributed by atoms with E-state index in [2.05, 4.69) is 5.73 Å². The Morgan fingerprint density at radius 1 is 1.55 bits per heavy atom. The highest BCUT2D eigenvalue weighted by molar-refractivity contribution is 5.86. The van der Waals surface area contributed by atoms with E-state index in [1.165, 1.54) is 0 Å².